The van der Waals surface area contributed by atoms with Crippen LogP contribution in [0, 0.1) is 0 Å². The van der Waals surface area contributed by atoms with E-state index in [2.05, 4.69) is 40.9 Å². The summed E-state index contributed by atoms with van der Waals surface area (Å²) in [5.41, 5.74) is 4.89. The van der Waals surface area contributed by atoms with Crippen LogP contribution in [0.5, 0.6) is 0 Å². The first-order valence-electron chi connectivity index (χ1n) is 11.8. The van der Waals surface area contributed by atoms with Crippen LogP contribution >= 0.6 is 0 Å². The normalized spacial score (nSPS) is 20.6. The van der Waals surface area contributed by atoms with Gasteiger partial charge in [-0.1, -0.05) is 6.07 Å². The second kappa shape index (κ2) is 9.08. The number of rotatable bonds is 7. The molecule has 2 aliphatic heterocycles. The first kappa shape index (κ1) is 21.2. The highest BCUT2D eigenvalue weighted by atomic mass is 16.5. The number of imidazole rings is 1. The third-order valence-electron chi connectivity index (χ3n) is 7.01. The van der Waals surface area contributed by atoms with Crippen LogP contribution in [-0.4, -0.2) is 57.9 Å². The van der Waals surface area contributed by atoms with Gasteiger partial charge in [-0.3, -0.25) is 9.69 Å². The average Bonchev–Trinajstić information content (AvgIpc) is 3.45. The predicted octanol–water partition coefficient (Wildman–Crippen LogP) is 2.91. The van der Waals surface area contributed by atoms with Crippen LogP contribution in [-0.2, 0) is 30.7 Å². The summed E-state index contributed by atoms with van der Waals surface area (Å²) in [4.78, 5) is 19.7. The molecule has 1 aromatic carbocycles. The van der Waals surface area contributed by atoms with Crippen LogP contribution in [0.15, 0.2) is 41.3 Å². The molecule has 32 heavy (non-hydrogen) atoms. The Morgan fingerprint density at radius 1 is 1.22 bits per heavy atom. The van der Waals surface area contributed by atoms with Crippen molar-refractivity contribution >= 4 is 16.7 Å². The molecule has 7 heteroatoms. The van der Waals surface area contributed by atoms with E-state index in [4.69, 9.17) is 9.72 Å². The van der Waals surface area contributed by atoms with Gasteiger partial charge in [0.05, 0.1) is 17.6 Å². The van der Waals surface area contributed by atoms with E-state index in [1.54, 1.807) is 16.7 Å². The summed E-state index contributed by atoms with van der Waals surface area (Å²) in [6, 6.07) is 10.7. The van der Waals surface area contributed by atoms with E-state index >= 15 is 0 Å². The summed E-state index contributed by atoms with van der Waals surface area (Å²) in [5.74, 6) is 1.05. The molecule has 7 nitrogen and oxygen atoms in total. The van der Waals surface area contributed by atoms with Gasteiger partial charge in [-0.15, -0.1) is 0 Å². The minimum atomic E-state index is 0.0340. The first-order valence-corrected chi connectivity index (χ1v) is 11.8. The quantitative estimate of drug-likeness (QED) is 0.618. The minimum absolute atomic E-state index is 0.0340. The zero-order valence-corrected chi connectivity index (χ0v) is 19.1. The van der Waals surface area contributed by atoms with Gasteiger partial charge in [-0.2, -0.15) is 0 Å². The number of hydrogen-bond donors (Lipinski definition) is 1. The van der Waals surface area contributed by atoms with E-state index in [-0.39, 0.29) is 5.56 Å². The van der Waals surface area contributed by atoms with Crippen molar-refractivity contribution in [3.8, 4) is 0 Å². The lowest BCUT2D eigenvalue weighted by Crippen LogP contribution is -2.34. The number of likely N-dealkylation sites (N-methyl/N-ethyl adjacent to an activating group) is 1. The Balaban J connectivity index is 1.46. The molecular weight excluding hydrogens is 402 g/mol. The zero-order chi connectivity index (χ0) is 22.1. The Morgan fingerprint density at radius 3 is 2.94 bits per heavy atom. The van der Waals surface area contributed by atoms with Crippen molar-refractivity contribution in [3.05, 3.63) is 58.3 Å². The molecule has 2 atom stereocenters. The average molecular weight is 436 g/mol. The third kappa shape index (κ3) is 4.19. The lowest BCUT2D eigenvalue weighted by molar-refractivity contribution is 0.157. The maximum Gasteiger partial charge on any atom is 0.250 e. The Bertz CT molecular complexity index is 1140. The van der Waals surface area contributed by atoms with Crippen LogP contribution < -0.4 is 10.9 Å². The van der Waals surface area contributed by atoms with Gasteiger partial charge in [0, 0.05) is 68.3 Å². The lowest BCUT2D eigenvalue weighted by Gasteiger charge is -2.25. The smallest absolute Gasteiger partial charge is 0.250 e. The molecule has 0 bridgehead atoms. The number of hydrogen-bond acceptors (Lipinski definition) is 5. The minimum Gasteiger partial charge on any atom is -0.382 e. The van der Waals surface area contributed by atoms with E-state index in [1.807, 2.05) is 12.3 Å². The molecule has 0 saturated carbocycles. The summed E-state index contributed by atoms with van der Waals surface area (Å²) < 4.78 is 9.72. The maximum atomic E-state index is 12.2. The number of anilines is 1. The van der Waals surface area contributed by atoms with Crippen molar-refractivity contribution in [2.45, 2.75) is 57.8 Å². The van der Waals surface area contributed by atoms with Crippen molar-refractivity contribution in [1.29, 1.82) is 0 Å². The number of aromatic nitrogens is 3. The van der Waals surface area contributed by atoms with Crippen molar-refractivity contribution in [1.82, 2.24) is 19.0 Å². The van der Waals surface area contributed by atoms with Crippen molar-refractivity contribution in [2.24, 2.45) is 0 Å². The van der Waals surface area contributed by atoms with Gasteiger partial charge in [-0.25, -0.2) is 4.98 Å². The second-order valence-electron chi connectivity index (χ2n) is 9.20. The van der Waals surface area contributed by atoms with Crippen molar-refractivity contribution in [3.63, 3.8) is 0 Å². The van der Waals surface area contributed by atoms with Gasteiger partial charge in [0.15, 0.2) is 0 Å². The highest BCUT2D eigenvalue weighted by Gasteiger charge is 2.23. The standard InChI is InChI=1S/C25H33N5O2/c1-18-6-7-20-21(26-18)8-9-22-25(20)27-23(10-13-29-12-4-3-5-24(29)31)30(22)15-14-28(2)19-11-16-32-17-19/h3-5,8-9,12,18-19,26H,6-7,10-11,13-17H2,1-2H3/t18-,19-/m0/s1. The summed E-state index contributed by atoms with van der Waals surface area (Å²) in [6.45, 7) is 6.37. The molecule has 2 aliphatic rings. The van der Waals surface area contributed by atoms with E-state index in [0.29, 0.717) is 18.6 Å². The molecule has 1 N–H and O–H groups in total. The van der Waals surface area contributed by atoms with Crippen LogP contribution in [0.25, 0.3) is 11.0 Å². The number of nitrogens with one attached hydrogen (secondary N) is 1. The molecule has 4 heterocycles. The molecule has 0 amide bonds. The zero-order valence-electron chi connectivity index (χ0n) is 19.1. The first-order chi connectivity index (χ1) is 15.6. The van der Waals surface area contributed by atoms with Gasteiger partial charge < -0.3 is 19.2 Å². The topological polar surface area (TPSA) is 64.3 Å². The fraction of sp³-hybridized carbons (Fsp3) is 0.520. The SMILES string of the molecule is C[C@H]1CCc2c(ccc3c2nc(CCn2ccccc2=O)n3CCN(C)[C@H]2CCOC2)N1. The summed E-state index contributed by atoms with van der Waals surface area (Å²) in [7, 11) is 2.19. The highest BCUT2D eigenvalue weighted by Crippen LogP contribution is 2.32. The van der Waals surface area contributed by atoms with E-state index < -0.39 is 0 Å². The molecule has 0 aliphatic carbocycles. The molecule has 2 aromatic heterocycles. The number of fused-ring (bicyclic) bond motifs is 3. The van der Waals surface area contributed by atoms with Gasteiger partial charge >= 0.3 is 0 Å². The fourth-order valence-corrected chi connectivity index (χ4v) is 5.00. The van der Waals surface area contributed by atoms with Crippen LogP contribution in [0.1, 0.15) is 31.2 Å². The van der Waals surface area contributed by atoms with Gasteiger partial charge in [-0.05, 0) is 51.4 Å². The van der Waals surface area contributed by atoms with Crippen molar-refractivity contribution < 1.29 is 4.74 Å². The number of ether oxygens (including phenoxy) is 1. The Morgan fingerprint density at radius 2 is 2.12 bits per heavy atom. The summed E-state index contributed by atoms with van der Waals surface area (Å²) >= 11 is 0. The fourth-order valence-electron chi connectivity index (χ4n) is 5.00. The monoisotopic (exact) mass is 435 g/mol. The molecule has 5 rings (SSSR count). The second-order valence-corrected chi connectivity index (χ2v) is 9.20. The molecule has 0 spiro atoms. The Labute approximate surface area is 189 Å². The van der Waals surface area contributed by atoms with Crippen LogP contribution in [0.4, 0.5) is 5.69 Å². The summed E-state index contributed by atoms with van der Waals surface area (Å²) in [5, 5.41) is 3.62. The number of pyridine rings is 1. The molecule has 3 aromatic rings. The Hall–Kier alpha value is -2.64. The largest absolute Gasteiger partial charge is 0.382 e. The molecule has 0 radical (unpaired) electrons. The molecule has 170 valence electrons. The van der Waals surface area contributed by atoms with E-state index in [0.717, 1.165) is 63.3 Å². The van der Waals surface area contributed by atoms with Crippen LogP contribution in [0.2, 0.25) is 0 Å². The van der Waals surface area contributed by atoms with Crippen LogP contribution in [0.3, 0.4) is 0 Å². The van der Waals surface area contributed by atoms with Gasteiger partial charge in [0.2, 0.25) is 0 Å². The molecule has 0 unspecified atom stereocenters. The Kier molecular flexibility index (Phi) is 6.02. The third-order valence-corrected chi connectivity index (χ3v) is 7.01. The molecule has 1 fully saturated rings. The number of benzene rings is 1. The number of aryl methyl sites for hydroxylation is 3. The maximum absolute atomic E-state index is 12.2. The predicted molar refractivity (Wildman–Crippen MR) is 127 cm³/mol. The molecular formula is C25H33N5O2. The summed E-state index contributed by atoms with van der Waals surface area (Å²) in [6.07, 6.45) is 5.86. The van der Waals surface area contributed by atoms with E-state index in [9.17, 15) is 4.79 Å². The highest BCUT2D eigenvalue weighted by molar-refractivity contribution is 5.86. The van der Waals surface area contributed by atoms with Gasteiger partial charge in [0.1, 0.15) is 5.82 Å². The lowest BCUT2D eigenvalue weighted by atomic mass is 9.98. The van der Waals surface area contributed by atoms with Crippen molar-refractivity contribution in [2.75, 3.05) is 32.1 Å². The van der Waals surface area contributed by atoms with E-state index in [1.165, 1.54) is 16.8 Å². The van der Waals surface area contributed by atoms with Gasteiger partial charge in [0.25, 0.3) is 5.56 Å². The number of nitrogens with zero attached hydrogens (tertiary/aromatic N) is 4. The molecule has 1 saturated heterocycles.